The van der Waals surface area contributed by atoms with Crippen molar-refractivity contribution in [2.45, 2.75) is 10.3 Å². The molecule has 5 rings (SSSR count). The molecule has 4 aromatic rings. The number of benzene rings is 2. The number of thiophene rings is 1. The van der Waals surface area contributed by atoms with Gasteiger partial charge in [-0.3, -0.25) is 14.4 Å². The lowest BCUT2D eigenvalue weighted by Gasteiger charge is -2.23. The second kappa shape index (κ2) is 9.82. The van der Waals surface area contributed by atoms with Crippen molar-refractivity contribution < 1.29 is 17.9 Å². The largest absolute Gasteiger partial charge is 0.495 e. The van der Waals surface area contributed by atoms with Crippen LogP contribution in [0.15, 0.2) is 70.3 Å². The predicted octanol–water partition coefficient (Wildman–Crippen LogP) is 6.11. The maximum absolute atomic E-state index is 12.8. The third-order valence-electron chi connectivity index (χ3n) is 5.25. The smallest absolute Gasteiger partial charge is 0.263 e. The summed E-state index contributed by atoms with van der Waals surface area (Å²) in [6, 6.07) is 15.8. The van der Waals surface area contributed by atoms with E-state index in [9.17, 15) is 13.2 Å². The lowest BCUT2D eigenvalue weighted by Crippen LogP contribution is -2.27. The van der Waals surface area contributed by atoms with Crippen LogP contribution in [0.1, 0.15) is 10.3 Å². The molecule has 0 spiro atoms. The molecule has 2 aromatic heterocycles. The van der Waals surface area contributed by atoms with Gasteiger partial charge >= 0.3 is 0 Å². The summed E-state index contributed by atoms with van der Waals surface area (Å²) >= 11 is 10.4. The molecule has 7 nitrogen and oxygen atoms in total. The molecule has 0 saturated carbocycles. The molecule has 2 aromatic carbocycles. The molecule has 1 unspecified atom stereocenters. The molecular weight excluding hydrogens is 546 g/mol. The molecule has 3 heterocycles. The van der Waals surface area contributed by atoms with E-state index in [-0.39, 0.29) is 27.1 Å². The number of carbonyl (C=O) groups excluding carboxylic acids is 1. The van der Waals surface area contributed by atoms with Gasteiger partial charge < -0.3 is 4.74 Å². The number of nitrogens with zero attached hydrogens (tertiary/aromatic N) is 2. The minimum Gasteiger partial charge on any atom is -0.495 e. The Bertz CT molecular complexity index is 1470. The number of methoxy groups -OCH3 is 1. The van der Waals surface area contributed by atoms with Crippen molar-refractivity contribution in [2.24, 2.45) is 0 Å². The quantitative estimate of drug-likeness (QED) is 0.292. The zero-order chi connectivity index (χ0) is 24.6. The van der Waals surface area contributed by atoms with Crippen LogP contribution in [0, 0.1) is 0 Å². The highest BCUT2D eigenvalue weighted by molar-refractivity contribution is 8.01. The normalized spacial score (nSPS) is 16.0. The Morgan fingerprint density at radius 3 is 2.66 bits per heavy atom. The number of hydrogen-bond donors (Lipinski definition) is 1. The monoisotopic (exact) mass is 563 g/mol. The van der Waals surface area contributed by atoms with Gasteiger partial charge in [0.2, 0.25) is 5.91 Å². The number of sulfonamides is 1. The van der Waals surface area contributed by atoms with Gasteiger partial charge in [0.1, 0.15) is 11.1 Å². The third-order valence-corrected chi connectivity index (χ3v) is 10.1. The Kier molecular flexibility index (Phi) is 6.78. The maximum atomic E-state index is 12.8. The summed E-state index contributed by atoms with van der Waals surface area (Å²) in [7, 11) is -2.45. The van der Waals surface area contributed by atoms with Crippen molar-refractivity contribution in [3.05, 3.63) is 75.3 Å². The zero-order valence-electron chi connectivity index (χ0n) is 18.2. The zero-order valence-corrected chi connectivity index (χ0v) is 22.2. The summed E-state index contributed by atoms with van der Waals surface area (Å²) < 4.78 is 33.2. The van der Waals surface area contributed by atoms with E-state index in [1.807, 2.05) is 46.7 Å². The number of nitrogens with one attached hydrogen (secondary N) is 1. The molecule has 1 atom stereocenters. The van der Waals surface area contributed by atoms with Gasteiger partial charge in [0.25, 0.3) is 10.0 Å². The first-order chi connectivity index (χ1) is 16.9. The summed E-state index contributed by atoms with van der Waals surface area (Å²) in [5.74, 6) is 0.787. The molecule has 1 aliphatic heterocycles. The molecular formula is C23H18ClN3O4S4. The van der Waals surface area contributed by atoms with Gasteiger partial charge in [0, 0.05) is 27.6 Å². The fourth-order valence-electron chi connectivity index (χ4n) is 3.57. The van der Waals surface area contributed by atoms with Crippen molar-refractivity contribution in [3.8, 4) is 17.0 Å². The molecule has 180 valence electrons. The predicted molar refractivity (Wildman–Crippen MR) is 143 cm³/mol. The molecule has 12 heteroatoms. The van der Waals surface area contributed by atoms with Crippen LogP contribution in [-0.4, -0.2) is 32.2 Å². The lowest BCUT2D eigenvalue weighted by molar-refractivity contribution is -0.115. The number of thiazole rings is 1. The van der Waals surface area contributed by atoms with Crippen LogP contribution in [0.4, 0.5) is 10.8 Å². The number of anilines is 2. The number of halogens is 1. The van der Waals surface area contributed by atoms with Gasteiger partial charge in [0.15, 0.2) is 5.13 Å². The van der Waals surface area contributed by atoms with E-state index in [1.165, 1.54) is 36.6 Å². The molecule has 0 aliphatic carbocycles. The fraction of sp³-hybridized carbons (Fsp3) is 0.130. The number of rotatable bonds is 7. The molecule has 0 radical (unpaired) electrons. The van der Waals surface area contributed by atoms with Crippen LogP contribution in [-0.2, 0) is 14.8 Å². The number of amides is 1. The molecule has 1 amide bonds. The SMILES string of the molecule is COc1cc(S(=O)(=O)Nc2nc(-c3ccc(N4C(=O)CSC4c4cccs4)cc3)cs2)ccc1Cl. The minimum absolute atomic E-state index is 0.0216. The van der Waals surface area contributed by atoms with Gasteiger partial charge in [-0.15, -0.1) is 34.4 Å². The van der Waals surface area contributed by atoms with Crippen LogP contribution < -0.4 is 14.4 Å². The standard InChI is InChI=1S/C23H18ClN3O4S4/c1-31-19-11-16(8-9-17(19)24)35(29,30)26-23-25-18(12-34-23)14-4-6-15(7-5-14)27-21(28)13-33-22(27)20-3-2-10-32-20/h2-12,22H,13H2,1H3,(H,25,26). The summed E-state index contributed by atoms with van der Waals surface area (Å²) in [6.07, 6.45) is 0. The van der Waals surface area contributed by atoms with Crippen LogP contribution in [0.5, 0.6) is 5.75 Å². The molecule has 0 bridgehead atoms. The summed E-state index contributed by atoms with van der Waals surface area (Å²) in [5.41, 5.74) is 2.26. The average Bonchev–Trinajstić information content (AvgIpc) is 3.60. The minimum atomic E-state index is -3.87. The molecule has 1 N–H and O–H groups in total. The number of aromatic nitrogens is 1. The van der Waals surface area contributed by atoms with Crippen molar-refractivity contribution in [1.29, 1.82) is 0 Å². The van der Waals surface area contributed by atoms with Crippen LogP contribution >= 0.6 is 46.0 Å². The first-order valence-electron chi connectivity index (χ1n) is 10.2. The van der Waals surface area contributed by atoms with Gasteiger partial charge in [-0.05, 0) is 35.7 Å². The van der Waals surface area contributed by atoms with Crippen LogP contribution in [0.25, 0.3) is 11.3 Å². The second-order valence-corrected chi connectivity index (χ2v) is 12.4. The van der Waals surface area contributed by atoms with Gasteiger partial charge in [-0.2, -0.15) is 0 Å². The summed E-state index contributed by atoms with van der Waals surface area (Å²) in [5, 5.41) is 4.32. The number of ether oxygens (including phenoxy) is 1. The van der Waals surface area contributed by atoms with Crippen LogP contribution in [0.2, 0.25) is 5.02 Å². The van der Waals surface area contributed by atoms with Crippen molar-refractivity contribution in [1.82, 2.24) is 4.98 Å². The second-order valence-electron chi connectivity index (χ2n) is 7.43. The molecule has 1 aliphatic rings. The van der Waals surface area contributed by atoms with Crippen LogP contribution in [0.3, 0.4) is 0 Å². The van der Waals surface area contributed by atoms with Crippen molar-refractivity contribution in [2.75, 3.05) is 22.5 Å². The van der Waals surface area contributed by atoms with Crippen molar-refractivity contribution in [3.63, 3.8) is 0 Å². The number of carbonyl (C=O) groups is 1. The highest BCUT2D eigenvalue weighted by Crippen LogP contribution is 2.43. The van der Waals surface area contributed by atoms with Crippen molar-refractivity contribution >= 4 is 72.8 Å². The first kappa shape index (κ1) is 24.1. The van der Waals surface area contributed by atoms with Gasteiger partial charge in [-0.25, -0.2) is 13.4 Å². The Morgan fingerprint density at radius 2 is 1.94 bits per heavy atom. The third kappa shape index (κ3) is 4.91. The Labute approximate surface area is 219 Å². The van der Waals surface area contributed by atoms with E-state index >= 15 is 0 Å². The Balaban J connectivity index is 1.34. The molecule has 35 heavy (non-hydrogen) atoms. The average molecular weight is 564 g/mol. The Hall–Kier alpha value is -2.57. The first-order valence-corrected chi connectivity index (χ1v) is 14.9. The highest BCUT2D eigenvalue weighted by atomic mass is 35.5. The van der Waals surface area contributed by atoms with Gasteiger partial charge in [-0.1, -0.05) is 29.8 Å². The molecule has 1 saturated heterocycles. The van der Waals surface area contributed by atoms with E-state index in [0.29, 0.717) is 16.5 Å². The van der Waals surface area contributed by atoms with Gasteiger partial charge in [0.05, 0.1) is 28.5 Å². The lowest BCUT2D eigenvalue weighted by atomic mass is 10.1. The van der Waals surface area contributed by atoms with E-state index in [2.05, 4.69) is 9.71 Å². The molecule has 1 fully saturated rings. The fourth-order valence-corrected chi connectivity index (χ4v) is 7.89. The number of hydrogen-bond acceptors (Lipinski definition) is 8. The Morgan fingerprint density at radius 1 is 1.14 bits per heavy atom. The topological polar surface area (TPSA) is 88.6 Å². The summed E-state index contributed by atoms with van der Waals surface area (Å²) in [6.45, 7) is 0. The maximum Gasteiger partial charge on any atom is 0.263 e. The van der Waals surface area contributed by atoms with E-state index in [1.54, 1.807) is 28.5 Å². The van der Waals surface area contributed by atoms with E-state index in [0.717, 1.165) is 16.1 Å². The number of thioether (sulfide) groups is 1. The summed E-state index contributed by atoms with van der Waals surface area (Å²) in [4.78, 5) is 20.0. The van der Waals surface area contributed by atoms with E-state index in [4.69, 9.17) is 16.3 Å². The van der Waals surface area contributed by atoms with E-state index < -0.39 is 10.0 Å². The highest BCUT2D eigenvalue weighted by Gasteiger charge is 2.34.